The van der Waals surface area contributed by atoms with E-state index in [-0.39, 0.29) is 5.92 Å². The number of carbonyl (C=O) groups excluding carboxylic acids is 1. The van der Waals surface area contributed by atoms with Gasteiger partial charge in [0.2, 0.25) is 0 Å². The van der Waals surface area contributed by atoms with Crippen molar-refractivity contribution in [1.82, 2.24) is 0 Å². The highest BCUT2D eigenvalue weighted by atomic mass is 79.9. The first kappa shape index (κ1) is 14.0. The highest BCUT2D eigenvalue weighted by Gasteiger charge is 2.17. The predicted octanol–water partition coefficient (Wildman–Crippen LogP) is 3.55. The molecule has 1 aromatic rings. The second-order valence-electron chi connectivity index (χ2n) is 3.76. The standard InChI is InChI=1S/C13H17BrO3/c1-4-5-9(8-15)10-6-11(14)13(17-3)7-12(10)16-2/h6-9H,4-5H2,1-3H3. The number of rotatable bonds is 6. The van der Waals surface area contributed by atoms with Gasteiger partial charge in [0.25, 0.3) is 0 Å². The van der Waals surface area contributed by atoms with Gasteiger partial charge in [0.15, 0.2) is 0 Å². The Bertz CT molecular complexity index is 390. The normalized spacial score (nSPS) is 12.0. The Kier molecular flexibility index (Phi) is 5.48. The Morgan fingerprint density at radius 2 is 1.94 bits per heavy atom. The average molecular weight is 301 g/mol. The average Bonchev–Trinajstić information content (AvgIpc) is 2.35. The molecule has 0 spiro atoms. The van der Waals surface area contributed by atoms with E-state index in [1.54, 1.807) is 20.3 Å². The summed E-state index contributed by atoms with van der Waals surface area (Å²) in [6.07, 6.45) is 2.75. The first-order chi connectivity index (χ1) is 8.17. The minimum absolute atomic E-state index is 0.128. The molecule has 0 N–H and O–H groups in total. The maximum atomic E-state index is 11.1. The van der Waals surface area contributed by atoms with E-state index in [1.165, 1.54) is 0 Å². The summed E-state index contributed by atoms with van der Waals surface area (Å²) >= 11 is 3.42. The number of halogens is 1. The molecule has 0 aromatic heterocycles. The molecule has 17 heavy (non-hydrogen) atoms. The van der Waals surface area contributed by atoms with E-state index < -0.39 is 0 Å². The summed E-state index contributed by atoms with van der Waals surface area (Å²) in [5, 5.41) is 0. The molecule has 0 heterocycles. The fourth-order valence-electron chi connectivity index (χ4n) is 1.78. The van der Waals surface area contributed by atoms with Crippen molar-refractivity contribution in [3.63, 3.8) is 0 Å². The minimum Gasteiger partial charge on any atom is -0.496 e. The highest BCUT2D eigenvalue weighted by molar-refractivity contribution is 9.10. The third-order valence-electron chi connectivity index (χ3n) is 2.67. The van der Waals surface area contributed by atoms with Gasteiger partial charge in [0, 0.05) is 17.5 Å². The summed E-state index contributed by atoms with van der Waals surface area (Å²) in [6.45, 7) is 2.06. The largest absolute Gasteiger partial charge is 0.496 e. The van der Waals surface area contributed by atoms with Gasteiger partial charge < -0.3 is 14.3 Å². The molecule has 0 aliphatic heterocycles. The lowest BCUT2D eigenvalue weighted by molar-refractivity contribution is -0.109. The molecule has 0 saturated heterocycles. The van der Waals surface area contributed by atoms with Crippen LogP contribution < -0.4 is 9.47 Å². The molecule has 0 amide bonds. The van der Waals surface area contributed by atoms with Crippen LogP contribution in [0.5, 0.6) is 11.5 Å². The Hall–Kier alpha value is -1.03. The first-order valence-electron chi connectivity index (χ1n) is 5.54. The third kappa shape index (κ3) is 3.22. The fourth-order valence-corrected chi connectivity index (χ4v) is 2.30. The molecule has 0 radical (unpaired) electrons. The summed E-state index contributed by atoms with van der Waals surface area (Å²) < 4.78 is 11.3. The Morgan fingerprint density at radius 3 is 2.41 bits per heavy atom. The molecule has 1 rings (SSSR count). The van der Waals surface area contributed by atoms with Crippen LogP contribution in [0.15, 0.2) is 16.6 Å². The lowest BCUT2D eigenvalue weighted by Crippen LogP contribution is -2.03. The van der Waals surface area contributed by atoms with Crippen molar-refractivity contribution >= 4 is 22.2 Å². The van der Waals surface area contributed by atoms with Crippen molar-refractivity contribution in [2.24, 2.45) is 0 Å². The van der Waals surface area contributed by atoms with Gasteiger partial charge in [-0.25, -0.2) is 0 Å². The number of ether oxygens (including phenoxy) is 2. The topological polar surface area (TPSA) is 35.5 Å². The quantitative estimate of drug-likeness (QED) is 0.754. The van der Waals surface area contributed by atoms with E-state index in [2.05, 4.69) is 22.9 Å². The number of aldehydes is 1. The van der Waals surface area contributed by atoms with Crippen LogP contribution in [0.3, 0.4) is 0 Å². The van der Waals surface area contributed by atoms with Gasteiger partial charge >= 0.3 is 0 Å². The van der Waals surface area contributed by atoms with E-state index in [9.17, 15) is 4.79 Å². The summed E-state index contributed by atoms with van der Waals surface area (Å²) in [4.78, 5) is 11.1. The molecule has 3 nitrogen and oxygen atoms in total. The van der Waals surface area contributed by atoms with Gasteiger partial charge in [0.1, 0.15) is 17.8 Å². The molecular weight excluding hydrogens is 284 g/mol. The molecule has 1 unspecified atom stereocenters. The monoisotopic (exact) mass is 300 g/mol. The maximum Gasteiger partial charge on any atom is 0.136 e. The van der Waals surface area contributed by atoms with E-state index >= 15 is 0 Å². The SMILES string of the molecule is CCCC(C=O)c1cc(Br)c(OC)cc1OC. The molecule has 1 atom stereocenters. The van der Waals surface area contributed by atoms with Crippen LogP contribution in [-0.2, 0) is 4.79 Å². The number of methoxy groups -OCH3 is 2. The molecule has 0 fully saturated rings. The zero-order valence-electron chi connectivity index (χ0n) is 10.3. The van der Waals surface area contributed by atoms with Crippen LogP contribution in [0.1, 0.15) is 31.2 Å². The van der Waals surface area contributed by atoms with Crippen molar-refractivity contribution < 1.29 is 14.3 Å². The Balaban J connectivity index is 3.21. The van der Waals surface area contributed by atoms with Crippen LogP contribution in [0.4, 0.5) is 0 Å². The predicted molar refractivity (Wildman–Crippen MR) is 71.0 cm³/mol. The van der Waals surface area contributed by atoms with Crippen LogP contribution in [-0.4, -0.2) is 20.5 Å². The van der Waals surface area contributed by atoms with Gasteiger partial charge in [0.05, 0.1) is 18.7 Å². The van der Waals surface area contributed by atoms with Crippen molar-refractivity contribution in [3.8, 4) is 11.5 Å². The maximum absolute atomic E-state index is 11.1. The minimum atomic E-state index is -0.128. The lowest BCUT2D eigenvalue weighted by atomic mass is 9.95. The Morgan fingerprint density at radius 1 is 1.29 bits per heavy atom. The second kappa shape index (κ2) is 6.64. The number of carbonyl (C=O) groups is 1. The van der Waals surface area contributed by atoms with E-state index in [0.717, 1.165) is 29.2 Å². The number of hydrogen-bond donors (Lipinski definition) is 0. The first-order valence-corrected chi connectivity index (χ1v) is 6.33. The van der Waals surface area contributed by atoms with Gasteiger partial charge in [-0.1, -0.05) is 13.3 Å². The van der Waals surface area contributed by atoms with E-state index in [1.807, 2.05) is 6.07 Å². The number of hydrogen-bond acceptors (Lipinski definition) is 3. The second-order valence-corrected chi connectivity index (χ2v) is 4.61. The summed E-state index contributed by atoms with van der Waals surface area (Å²) in [5.41, 5.74) is 0.900. The molecule has 94 valence electrons. The van der Waals surface area contributed by atoms with Crippen molar-refractivity contribution in [2.75, 3.05) is 14.2 Å². The van der Waals surface area contributed by atoms with Crippen molar-refractivity contribution in [3.05, 3.63) is 22.2 Å². The molecule has 0 bridgehead atoms. The summed E-state index contributed by atoms with van der Waals surface area (Å²) in [5.74, 6) is 1.26. The highest BCUT2D eigenvalue weighted by Crippen LogP contribution is 2.37. The van der Waals surface area contributed by atoms with Gasteiger partial charge in [-0.05, 0) is 28.4 Å². The Labute approximate surface area is 110 Å². The molecule has 1 aromatic carbocycles. The third-order valence-corrected chi connectivity index (χ3v) is 3.29. The van der Waals surface area contributed by atoms with Crippen LogP contribution in [0.2, 0.25) is 0 Å². The molecule has 0 aliphatic rings. The van der Waals surface area contributed by atoms with Gasteiger partial charge in [-0.2, -0.15) is 0 Å². The molecule has 0 saturated carbocycles. The molecule has 0 aliphatic carbocycles. The van der Waals surface area contributed by atoms with Crippen LogP contribution >= 0.6 is 15.9 Å². The van der Waals surface area contributed by atoms with E-state index in [4.69, 9.17) is 9.47 Å². The summed E-state index contributed by atoms with van der Waals surface area (Å²) in [7, 11) is 3.20. The number of benzene rings is 1. The molecular formula is C13H17BrO3. The van der Waals surface area contributed by atoms with Gasteiger partial charge in [-0.3, -0.25) is 0 Å². The smallest absolute Gasteiger partial charge is 0.136 e. The zero-order chi connectivity index (χ0) is 12.8. The van der Waals surface area contributed by atoms with Crippen molar-refractivity contribution in [2.45, 2.75) is 25.7 Å². The van der Waals surface area contributed by atoms with Crippen LogP contribution in [0, 0.1) is 0 Å². The van der Waals surface area contributed by atoms with E-state index in [0.29, 0.717) is 11.5 Å². The lowest BCUT2D eigenvalue weighted by Gasteiger charge is -2.16. The van der Waals surface area contributed by atoms with Crippen molar-refractivity contribution in [1.29, 1.82) is 0 Å². The fraction of sp³-hybridized carbons (Fsp3) is 0.462. The molecule has 4 heteroatoms. The zero-order valence-corrected chi connectivity index (χ0v) is 11.9. The van der Waals surface area contributed by atoms with Crippen LogP contribution in [0.25, 0.3) is 0 Å². The van der Waals surface area contributed by atoms with Gasteiger partial charge in [-0.15, -0.1) is 0 Å². The summed E-state index contributed by atoms with van der Waals surface area (Å²) in [6, 6.07) is 3.69.